The summed E-state index contributed by atoms with van der Waals surface area (Å²) in [4.78, 5) is 10.7. The van der Waals surface area contributed by atoms with Gasteiger partial charge >= 0.3 is 5.97 Å². The summed E-state index contributed by atoms with van der Waals surface area (Å²) in [5, 5.41) is 17.6. The van der Waals surface area contributed by atoms with Gasteiger partial charge in [0, 0.05) is 5.88 Å². The van der Waals surface area contributed by atoms with Crippen molar-refractivity contribution in [2.45, 2.75) is 5.88 Å². The number of aromatic carboxylic acids is 1. The first-order valence-electron chi connectivity index (χ1n) is 3.62. The molecule has 14 heavy (non-hydrogen) atoms. The SMILES string of the molecule is N#Cc1cc(C(=O)O)c(CCl)cc1Cl. The Labute approximate surface area is 90.5 Å². The van der Waals surface area contributed by atoms with Crippen LogP contribution < -0.4 is 0 Å². The third-order valence-corrected chi connectivity index (χ3v) is 2.29. The van der Waals surface area contributed by atoms with E-state index in [-0.39, 0.29) is 22.0 Å². The van der Waals surface area contributed by atoms with E-state index in [1.807, 2.05) is 0 Å². The lowest BCUT2D eigenvalue weighted by molar-refractivity contribution is 0.0696. The van der Waals surface area contributed by atoms with E-state index in [9.17, 15) is 4.79 Å². The highest BCUT2D eigenvalue weighted by Gasteiger charge is 2.13. The highest BCUT2D eigenvalue weighted by molar-refractivity contribution is 6.32. The number of nitriles is 1. The summed E-state index contributed by atoms with van der Waals surface area (Å²) >= 11 is 11.2. The van der Waals surface area contributed by atoms with Gasteiger partial charge in [0.1, 0.15) is 6.07 Å². The molecule has 5 heteroatoms. The van der Waals surface area contributed by atoms with E-state index >= 15 is 0 Å². The van der Waals surface area contributed by atoms with E-state index in [2.05, 4.69) is 0 Å². The standard InChI is InChI=1S/C9H5Cl2NO2/c10-3-5-2-8(11)6(4-12)1-7(5)9(13)14/h1-2H,3H2,(H,13,14). The minimum atomic E-state index is -1.12. The number of hydrogen-bond acceptors (Lipinski definition) is 2. The van der Waals surface area contributed by atoms with Crippen LogP contribution in [0.1, 0.15) is 21.5 Å². The van der Waals surface area contributed by atoms with Crippen LogP contribution in [0.15, 0.2) is 12.1 Å². The fourth-order valence-corrected chi connectivity index (χ4v) is 1.46. The molecule has 0 bridgehead atoms. The normalized spacial score (nSPS) is 9.50. The van der Waals surface area contributed by atoms with E-state index in [0.717, 1.165) is 0 Å². The van der Waals surface area contributed by atoms with Gasteiger partial charge in [0.15, 0.2) is 0 Å². The van der Waals surface area contributed by atoms with E-state index in [1.54, 1.807) is 6.07 Å². The Morgan fingerprint density at radius 1 is 1.57 bits per heavy atom. The number of alkyl halides is 1. The molecule has 1 rings (SSSR count). The molecule has 0 unspecified atom stereocenters. The zero-order valence-corrected chi connectivity index (χ0v) is 8.43. The van der Waals surface area contributed by atoms with Crippen LogP contribution in [0.25, 0.3) is 0 Å². The Hall–Kier alpha value is -1.24. The second kappa shape index (κ2) is 4.32. The van der Waals surface area contributed by atoms with E-state index in [4.69, 9.17) is 33.6 Å². The predicted molar refractivity (Wildman–Crippen MR) is 52.7 cm³/mol. The van der Waals surface area contributed by atoms with Crippen molar-refractivity contribution < 1.29 is 9.90 Å². The molecule has 1 aromatic rings. The van der Waals surface area contributed by atoms with Crippen LogP contribution in [0.4, 0.5) is 0 Å². The van der Waals surface area contributed by atoms with Gasteiger partial charge in [-0.25, -0.2) is 4.79 Å². The molecule has 0 heterocycles. The minimum Gasteiger partial charge on any atom is -0.478 e. The zero-order chi connectivity index (χ0) is 10.7. The summed E-state index contributed by atoms with van der Waals surface area (Å²) < 4.78 is 0. The van der Waals surface area contributed by atoms with Crippen molar-refractivity contribution in [1.82, 2.24) is 0 Å². The van der Waals surface area contributed by atoms with Crippen LogP contribution in [-0.2, 0) is 5.88 Å². The van der Waals surface area contributed by atoms with Gasteiger partial charge in [-0.3, -0.25) is 0 Å². The largest absolute Gasteiger partial charge is 0.478 e. The molecule has 0 spiro atoms. The fraction of sp³-hybridized carbons (Fsp3) is 0.111. The molecule has 0 fully saturated rings. The number of nitrogens with zero attached hydrogens (tertiary/aromatic N) is 1. The molecule has 0 aromatic heterocycles. The highest BCUT2D eigenvalue weighted by atomic mass is 35.5. The van der Waals surface area contributed by atoms with Crippen molar-refractivity contribution >= 4 is 29.2 Å². The lowest BCUT2D eigenvalue weighted by Crippen LogP contribution is -2.02. The van der Waals surface area contributed by atoms with Crippen LogP contribution in [0.3, 0.4) is 0 Å². The van der Waals surface area contributed by atoms with Crippen molar-refractivity contribution in [2.75, 3.05) is 0 Å². The Morgan fingerprint density at radius 2 is 2.21 bits per heavy atom. The third-order valence-electron chi connectivity index (χ3n) is 1.69. The Kier molecular flexibility index (Phi) is 3.34. The average Bonchev–Trinajstić information content (AvgIpc) is 2.16. The Balaban J connectivity index is 3.42. The number of carbonyl (C=O) groups is 1. The second-order valence-electron chi connectivity index (χ2n) is 2.54. The molecule has 0 amide bonds. The van der Waals surface area contributed by atoms with Gasteiger partial charge < -0.3 is 5.11 Å². The first kappa shape index (κ1) is 10.8. The van der Waals surface area contributed by atoms with Crippen molar-refractivity contribution in [3.8, 4) is 6.07 Å². The first-order valence-corrected chi connectivity index (χ1v) is 4.53. The molecule has 1 N–H and O–H groups in total. The maximum Gasteiger partial charge on any atom is 0.336 e. The molecular weight excluding hydrogens is 225 g/mol. The maximum atomic E-state index is 10.7. The van der Waals surface area contributed by atoms with Gasteiger partial charge in [0.25, 0.3) is 0 Å². The van der Waals surface area contributed by atoms with Crippen molar-refractivity contribution in [2.24, 2.45) is 0 Å². The smallest absolute Gasteiger partial charge is 0.336 e. The molecule has 0 aliphatic heterocycles. The average molecular weight is 230 g/mol. The number of carboxylic acid groups (broad SMARTS) is 1. The van der Waals surface area contributed by atoms with E-state index in [0.29, 0.717) is 5.56 Å². The second-order valence-corrected chi connectivity index (χ2v) is 3.21. The molecule has 0 saturated heterocycles. The topological polar surface area (TPSA) is 61.1 Å². The third kappa shape index (κ3) is 1.98. The Bertz CT molecular complexity index is 424. The Morgan fingerprint density at radius 3 is 2.64 bits per heavy atom. The minimum absolute atomic E-state index is 0.0148. The lowest BCUT2D eigenvalue weighted by atomic mass is 10.1. The fourth-order valence-electron chi connectivity index (χ4n) is 1.01. The maximum absolute atomic E-state index is 10.7. The zero-order valence-electron chi connectivity index (χ0n) is 6.92. The van der Waals surface area contributed by atoms with Crippen molar-refractivity contribution in [3.63, 3.8) is 0 Å². The molecule has 0 saturated carbocycles. The van der Waals surface area contributed by atoms with Gasteiger partial charge in [-0.1, -0.05) is 11.6 Å². The van der Waals surface area contributed by atoms with Crippen LogP contribution >= 0.6 is 23.2 Å². The summed E-state index contributed by atoms with van der Waals surface area (Å²) in [6.07, 6.45) is 0. The monoisotopic (exact) mass is 229 g/mol. The van der Waals surface area contributed by atoms with Gasteiger partial charge in [0.05, 0.1) is 16.1 Å². The molecule has 1 aromatic carbocycles. The van der Waals surface area contributed by atoms with Crippen molar-refractivity contribution in [1.29, 1.82) is 5.26 Å². The molecular formula is C9H5Cl2NO2. The molecule has 0 aliphatic rings. The van der Waals surface area contributed by atoms with Gasteiger partial charge in [-0.2, -0.15) is 5.26 Å². The van der Waals surface area contributed by atoms with E-state index < -0.39 is 5.97 Å². The quantitative estimate of drug-likeness (QED) is 0.794. The van der Waals surface area contributed by atoms with Crippen LogP contribution in [-0.4, -0.2) is 11.1 Å². The molecule has 0 radical (unpaired) electrons. The number of carboxylic acids is 1. The van der Waals surface area contributed by atoms with Crippen LogP contribution in [0.2, 0.25) is 5.02 Å². The van der Waals surface area contributed by atoms with Gasteiger partial charge in [-0.15, -0.1) is 11.6 Å². The highest BCUT2D eigenvalue weighted by Crippen LogP contribution is 2.22. The number of halogens is 2. The van der Waals surface area contributed by atoms with Crippen LogP contribution in [0.5, 0.6) is 0 Å². The molecule has 72 valence electrons. The summed E-state index contributed by atoms with van der Waals surface area (Å²) in [6.45, 7) is 0. The summed E-state index contributed by atoms with van der Waals surface area (Å²) in [5.74, 6) is -1.07. The van der Waals surface area contributed by atoms with Crippen LogP contribution in [0, 0.1) is 11.3 Å². The van der Waals surface area contributed by atoms with Crippen molar-refractivity contribution in [3.05, 3.63) is 33.8 Å². The molecule has 0 aliphatic carbocycles. The summed E-state index contributed by atoms with van der Waals surface area (Å²) in [6, 6.07) is 4.43. The van der Waals surface area contributed by atoms with Gasteiger partial charge in [0.2, 0.25) is 0 Å². The summed E-state index contributed by atoms with van der Waals surface area (Å²) in [5.41, 5.74) is 0.557. The number of benzene rings is 1. The number of hydrogen-bond donors (Lipinski definition) is 1. The van der Waals surface area contributed by atoms with Gasteiger partial charge in [-0.05, 0) is 17.7 Å². The van der Waals surface area contributed by atoms with E-state index in [1.165, 1.54) is 12.1 Å². The molecule has 0 atom stereocenters. The molecule has 3 nitrogen and oxygen atoms in total. The number of rotatable bonds is 2. The lowest BCUT2D eigenvalue weighted by Gasteiger charge is -2.04. The first-order chi connectivity index (χ1) is 6.60. The summed E-state index contributed by atoms with van der Waals surface area (Å²) in [7, 11) is 0. The predicted octanol–water partition coefficient (Wildman–Crippen LogP) is 2.65.